The van der Waals surface area contributed by atoms with Gasteiger partial charge in [-0.15, -0.1) is 0 Å². The van der Waals surface area contributed by atoms with E-state index in [1.165, 1.54) is 29.0 Å². The second-order valence-electron chi connectivity index (χ2n) is 8.72. The average molecular weight is 491 g/mol. The predicted octanol–water partition coefficient (Wildman–Crippen LogP) is 4.72. The second kappa shape index (κ2) is 9.41. The molecule has 1 saturated heterocycles. The van der Waals surface area contributed by atoms with Gasteiger partial charge < -0.3 is 19.3 Å². The molecule has 0 aliphatic carbocycles. The van der Waals surface area contributed by atoms with Crippen LogP contribution in [0, 0.1) is 18.6 Å². The number of aromatic nitrogens is 2. The van der Waals surface area contributed by atoms with Crippen LogP contribution in [0.15, 0.2) is 65.7 Å². The Morgan fingerprint density at radius 2 is 1.97 bits per heavy atom. The highest BCUT2D eigenvalue weighted by molar-refractivity contribution is 5.94. The molecular weight excluding hydrogens is 468 g/mol. The minimum Gasteiger partial charge on any atom is -0.477 e. The number of benzene rings is 2. The van der Waals surface area contributed by atoms with Gasteiger partial charge in [0.15, 0.2) is 0 Å². The number of halogens is 2. The van der Waals surface area contributed by atoms with E-state index in [2.05, 4.69) is 4.98 Å². The topological polar surface area (TPSA) is 84.7 Å². The minimum atomic E-state index is -1.44. The van der Waals surface area contributed by atoms with Crippen molar-refractivity contribution in [1.82, 2.24) is 9.55 Å². The van der Waals surface area contributed by atoms with E-state index < -0.39 is 28.6 Å². The SMILES string of the molecule is Cc1c(F)cccc1-n1cc(C(=O)O)c(=O)c2cc(F)c(N3CCC[C@@H]3COc3ccccn3)cc21. The first-order chi connectivity index (χ1) is 17.3. The van der Waals surface area contributed by atoms with E-state index >= 15 is 4.39 Å². The summed E-state index contributed by atoms with van der Waals surface area (Å²) in [6, 6.07) is 12.2. The third-order valence-corrected chi connectivity index (χ3v) is 6.55. The number of pyridine rings is 2. The zero-order valence-corrected chi connectivity index (χ0v) is 19.4. The third-order valence-electron chi connectivity index (χ3n) is 6.55. The van der Waals surface area contributed by atoms with Crippen LogP contribution in [0.25, 0.3) is 16.6 Å². The number of anilines is 1. The van der Waals surface area contributed by atoms with Crippen LogP contribution in [-0.4, -0.2) is 39.8 Å². The minimum absolute atomic E-state index is 0.0970. The van der Waals surface area contributed by atoms with Crippen molar-refractivity contribution in [3.05, 3.63) is 93.9 Å². The molecule has 2 aromatic carbocycles. The summed E-state index contributed by atoms with van der Waals surface area (Å²) in [7, 11) is 0. The van der Waals surface area contributed by atoms with Crippen LogP contribution in [-0.2, 0) is 0 Å². The fraction of sp³-hybridized carbons (Fsp3) is 0.222. The molecule has 184 valence electrons. The van der Waals surface area contributed by atoms with Gasteiger partial charge in [0, 0.05) is 36.0 Å². The van der Waals surface area contributed by atoms with Crippen molar-refractivity contribution >= 4 is 22.6 Å². The fourth-order valence-corrected chi connectivity index (χ4v) is 4.70. The van der Waals surface area contributed by atoms with Crippen LogP contribution in [0.1, 0.15) is 28.8 Å². The lowest BCUT2D eigenvalue weighted by Crippen LogP contribution is -2.35. The Morgan fingerprint density at radius 1 is 1.14 bits per heavy atom. The zero-order chi connectivity index (χ0) is 25.4. The number of hydrogen-bond donors (Lipinski definition) is 1. The van der Waals surface area contributed by atoms with Crippen LogP contribution < -0.4 is 15.1 Å². The van der Waals surface area contributed by atoms with Gasteiger partial charge in [-0.2, -0.15) is 0 Å². The molecule has 1 fully saturated rings. The number of nitrogens with zero attached hydrogens (tertiary/aromatic N) is 3. The maximum Gasteiger partial charge on any atom is 0.341 e. The molecule has 36 heavy (non-hydrogen) atoms. The number of hydrogen-bond acceptors (Lipinski definition) is 5. The zero-order valence-electron chi connectivity index (χ0n) is 19.4. The van der Waals surface area contributed by atoms with Crippen molar-refractivity contribution in [2.75, 3.05) is 18.1 Å². The Balaban J connectivity index is 1.64. The van der Waals surface area contributed by atoms with Crippen LogP contribution >= 0.6 is 0 Å². The first-order valence-corrected chi connectivity index (χ1v) is 11.5. The third kappa shape index (κ3) is 4.17. The normalized spacial score (nSPS) is 15.4. The molecule has 9 heteroatoms. The highest BCUT2D eigenvalue weighted by Gasteiger charge is 2.29. The molecule has 1 aliphatic heterocycles. The highest BCUT2D eigenvalue weighted by Crippen LogP contribution is 2.32. The van der Waals surface area contributed by atoms with Crippen LogP contribution in [0.2, 0.25) is 0 Å². The van der Waals surface area contributed by atoms with Crippen molar-refractivity contribution in [2.24, 2.45) is 0 Å². The van der Waals surface area contributed by atoms with Gasteiger partial charge in [-0.1, -0.05) is 12.1 Å². The molecule has 0 unspecified atom stereocenters. The molecule has 0 spiro atoms. The summed E-state index contributed by atoms with van der Waals surface area (Å²) < 4.78 is 37.1. The summed E-state index contributed by atoms with van der Waals surface area (Å²) >= 11 is 0. The standard InChI is InChI=1S/C27H23F2N3O4/c1-16-20(28)7-4-8-22(16)32-14-19(27(34)35)26(33)18-12-21(29)24(13-23(18)32)31-11-5-6-17(31)15-36-25-9-2-3-10-30-25/h2-4,7-10,12-14,17H,5-6,11,15H2,1H3,(H,34,35)/t17-/m1/s1. The van der Waals surface area contributed by atoms with Crippen LogP contribution in [0.5, 0.6) is 5.88 Å². The Bertz CT molecular complexity index is 1520. The number of aromatic carboxylic acids is 1. The van der Waals surface area contributed by atoms with Gasteiger partial charge in [0.05, 0.1) is 22.9 Å². The molecule has 7 nitrogen and oxygen atoms in total. The van der Waals surface area contributed by atoms with E-state index in [4.69, 9.17) is 4.74 Å². The maximum absolute atomic E-state index is 15.4. The van der Waals surface area contributed by atoms with Crippen molar-refractivity contribution in [3.8, 4) is 11.6 Å². The Hall–Kier alpha value is -4.27. The van der Waals surface area contributed by atoms with Crippen LogP contribution in [0.3, 0.4) is 0 Å². The van der Waals surface area contributed by atoms with E-state index in [0.717, 1.165) is 18.9 Å². The number of fused-ring (bicyclic) bond motifs is 1. The van der Waals surface area contributed by atoms with Gasteiger partial charge in [0.25, 0.3) is 0 Å². The highest BCUT2D eigenvalue weighted by atomic mass is 19.1. The molecule has 0 radical (unpaired) electrons. The van der Waals surface area contributed by atoms with Crippen molar-refractivity contribution in [3.63, 3.8) is 0 Å². The van der Waals surface area contributed by atoms with Gasteiger partial charge in [0.2, 0.25) is 11.3 Å². The summed E-state index contributed by atoms with van der Waals surface area (Å²) in [5.74, 6) is -2.10. The van der Waals surface area contributed by atoms with E-state index in [1.807, 2.05) is 11.0 Å². The van der Waals surface area contributed by atoms with E-state index in [1.54, 1.807) is 31.3 Å². The maximum atomic E-state index is 15.4. The van der Waals surface area contributed by atoms with E-state index in [0.29, 0.717) is 24.7 Å². The predicted molar refractivity (Wildman–Crippen MR) is 131 cm³/mol. The van der Waals surface area contributed by atoms with E-state index in [-0.39, 0.29) is 28.2 Å². The fourth-order valence-electron chi connectivity index (χ4n) is 4.70. The lowest BCUT2D eigenvalue weighted by atomic mass is 10.1. The Kier molecular flexibility index (Phi) is 6.13. The van der Waals surface area contributed by atoms with Gasteiger partial charge >= 0.3 is 5.97 Å². The van der Waals surface area contributed by atoms with Gasteiger partial charge in [-0.25, -0.2) is 18.6 Å². The molecule has 1 atom stereocenters. The van der Waals surface area contributed by atoms with Gasteiger partial charge in [-0.05, 0) is 50.1 Å². The smallest absolute Gasteiger partial charge is 0.341 e. The van der Waals surface area contributed by atoms with Gasteiger partial charge in [0.1, 0.15) is 23.8 Å². The molecule has 4 aromatic rings. The summed E-state index contributed by atoms with van der Waals surface area (Å²) in [6.45, 7) is 2.43. The summed E-state index contributed by atoms with van der Waals surface area (Å²) in [4.78, 5) is 30.8. The monoisotopic (exact) mass is 491 g/mol. The molecule has 3 heterocycles. The lowest BCUT2D eigenvalue weighted by Gasteiger charge is -2.28. The number of carbonyl (C=O) groups is 1. The molecule has 0 saturated carbocycles. The van der Waals surface area contributed by atoms with Crippen LogP contribution in [0.4, 0.5) is 14.5 Å². The van der Waals surface area contributed by atoms with E-state index in [9.17, 15) is 19.1 Å². The number of rotatable bonds is 6. The molecule has 1 N–H and O–H groups in total. The quantitative estimate of drug-likeness (QED) is 0.420. The summed E-state index contributed by atoms with van der Waals surface area (Å²) in [5, 5.41) is 9.50. The molecule has 0 amide bonds. The number of carboxylic acid groups (broad SMARTS) is 1. The number of ether oxygens (including phenoxy) is 1. The molecular formula is C27H23F2N3O4. The lowest BCUT2D eigenvalue weighted by molar-refractivity contribution is 0.0695. The Labute approximate surface area is 205 Å². The average Bonchev–Trinajstić information content (AvgIpc) is 3.34. The second-order valence-corrected chi connectivity index (χ2v) is 8.72. The largest absolute Gasteiger partial charge is 0.477 e. The van der Waals surface area contributed by atoms with Crippen molar-refractivity contribution in [1.29, 1.82) is 0 Å². The first-order valence-electron chi connectivity index (χ1n) is 11.5. The van der Waals surface area contributed by atoms with Gasteiger partial charge in [-0.3, -0.25) is 4.79 Å². The number of carboxylic acids is 1. The molecule has 0 bridgehead atoms. The van der Waals surface area contributed by atoms with Crippen molar-refractivity contribution in [2.45, 2.75) is 25.8 Å². The summed E-state index contributed by atoms with van der Waals surface area (Å²) in [5.41, 5.74) is -0.152. The summed E-state index contributed by atoms with van der Waals surface area (Å²) in [6.07, 6.45) is 4.39. The molecule has 1 aliphatic rings. The van der Waals surface area contributed by atoms with Crippen molar-refractivity contribution < 1.29 is 23.4 Å². The first kappa shape index (κ1) is 23.5. The molecule has 2 aromatic heterocycles. The Morgan fingerprint density at radius 3 is 2.72 bits per heavy atom. The molecule has 5 rings (SSSR count).